The second-order valence-electron chi connectivity index (χ2n) is 3.96. The Hall–Kier alpha value is -2.11. The zero-order valence-electron chi connectivity index (χ0n) is 10.7. The molecule has 18 heavy (non-hydrogen) atoms. The van der Waals surface area contributed by atoms with Crippen LogP contribution in [0, 0.1) is 0 Å². The number of rotatable bonds is 5. The standard InChI is InChI=1S/C12H18N2O4/c1-7(14-12(15)16)4-8-5-11(18-3)9(13)6-10(8)17-2/h5-7,14H,4,13H2,1-3H3,(H,15,16). The summed E-state index contributed by atoms with van der Waals surface area (Å²) < 4.78 is 10.4. The summed E-state index contributed by atoms with van der Waals surface area (Å²) in [5.74, 6) is 1.17. The Morgan fingerprint density at radius 2 is 2.00 bits per heavy atom. The van der Waals surface area contributed by atoms with Gasteiger partial charge in [-0.2, -0.15) is 0 Å². The number of nitrogens with one attached hydrogen (secondary N) is 1. The topological polar surface area (TPSA) is 93.8 Å². The predicted octanol–water partition coefficient (Wildman–Crippen LogP) is 1.48. The van der Waals surface area contributed by atoms with E-state index in [0.717, 1.165) is 5.56 Å². The zero-order chi connectivity index (χ0) is 13.7. The van der Waals surface area contributed by atoms with Crippen molar-refractivity contribution in [2.45, 2.75) is 19.4 Å². The molecule has 0 aromatic heterocycles. The minimum Gasteiger partial charge on any atom is -0.496 e. The molecule has 6 nitrogen and oxygen atoms in total. The average molecular weight is 254 g/mol. The first-order valence-corrected chi connectivity index (χ1v) is 5.47. The molecule has 6 heteroatoms. The first kappa shape index (κ1) is 14.0. The fraction of sp³-hybridized carbons (Fsp3) is 0.417. The van der Waals surface area contributed by atoms with Crippen molar-refractivity contribution in [1.82, 2.24) is 5.32 Å². The largest absolute Gasteiger partial charge is 0.496 e. The maximum Gasteiger partial charge on any atom is 0.404 e. The van der Waals surface area contributed by atoms with E-state index in [1.807, 2.05) is 0 Å². The monoisotopic (exact) mass is 254 g/mol. The molecule has 0 radical (unpaired) electrons. The fourth-order valence-electron chi connectivity index (χ4n) is 1.74. The lowest BCUT2D eigenvalue weighted by atomic mass is 10.0. The number of carbonyl (C=O) groups is 1. The van der Waals surface area contributed by atoms with Gasteiger partial charge in [0.2, 0.25) is 0 Å². The number of nitrogen functional groups attached to an aromatic ring is 1. The van der Waals surface area contributed by atoms with Crippen LogP contribution in [0.15, 0.2) is 12.1 Å². The van der Waals surface area contributed by atoms with Gasteiger partial charge in [0.15, 0.2) is 0 Å². The summed E-state index contributed by atoms with van der Waals surface area (Å²) in [6.07, 6.45) is -0.560. The van der Waals surface area contributed by atoms with Gasteiger partial charge < -0.3 is 25.6 Å². The molecule has 4 N–H and O–H groups in total. The molecule has 1 unspecified atom stereocenters. The molecule has 1 rings (SSSR count). The van der Waals surface area contributed by atoms with Crippen LogP contribution in [-0.4, -0.2) is 31.5 Å². The van der Waals surface area contributed by atoms with E-state index < -0.39 is 6.09 Å². The molecule has 0 aliphatic carbocycles. The second kappa shape index (κ2) is 6.00. The van der Waals surface area contributed by atoms with Crippen molar-refractivity contribution in [2.24, 2.45) is 0 Å². The van der Waals surface area contributed by atoms with E-state index in [1.54, 1.807) is 26.2 Å². The number of nitrogens with two attached hydrogens (primary N) is 1. The molecule has 1 amide bonds. The lowest BCUT2D eigenvalue weighted by Gasteiger charge is -2.16. The Morgan fingerprint density at radius 3 is 2.50 bits per heavy atom. The number of methoxy groups -OCH3 is 2. The van der Waals surface area contributed by atoms with Crippen LogP contribution in [-0.2, 0) is 6.42 Å². The summed E-state index contributed by atoms with van der Waals surface area (Å²) in [4.78, 5) is 10.5. The molecule has 0 aliphatic heterocycles. The number of benzene rings is 1. The molecule has 0 aliphatic rings. The molecule has 0 saturated heterocycles. The SMILES string of the molecule is COc1cc(CC(C)NC(=O)O)c(OC)cc1N. The smallest absolute Gasteiger partial charge is 0.404 e. The summed E-state index contributed by atoms with van der Waals surface area (Å²) in [6, 6.07) is 3.19. The van der Waals surface area contributed by atoms with Crippen LogP contribution in [0.3, 0.4) is 0 Å². The average Bonchev–Trinajstić information content (AvgIpc) is 2.29. The molecule has 100 valence electrons. The predicted molar refractivity (Wildman–Crippen MR) is 68.3 cm³/mol. The normalized spacial score (nSPS) is 11.7. The van der Waals surface area contributed by atoms with E-state index in [0.29, 0.717) is 23.6 Å². The first-order valence-electron chi connectivity index (χ1n) is 5.47. The molecule has 0 heterocycles. The molecule has 1 aromatic carbocycles. The number of hydrogen-bond acceptors (Lipinski definition) is 4. The Labute approximate surface area is 106 Å². The van der Waals surface area contributed by atoms with Gasteiger partial charge in [0.25, 0.3) is 0 Å². The lowest BCUT2D eigenvalue weighted by Crippen LogP contribution is -2.32. The van der Waals surface area contributed by atoms with E-state index in [2.05, 4.69) is 5.32 Å². The van der Waals surface area contributed by atoms with Gasteiger partial charge in [0, 0.05) is 12.1 Å². The minimum absolute atomic E-state index is 0.232. The van der Waals surface area contributed by atoms with E-state index in [-0.39, 0.29) is 6.04 Å². The van der Waals surface area contributed by atoms with Crippen LogP contribution < -0.4 is 20.5 Å². The van der Waals surface area contributed by atoms with Crippen molar-refractivity contribution in [2.75, 3.05) is 20.0 Å². The van der Waals surface area contributed by atoms with E-state index >= 15 is 0 Å². The van der Waals surface area contributed by atoms with Crippen molar-refractivity contribution in [1.29, 1.82) is 0 Å². The van der Waals surface area contributed by atoms with Gasteiger partial charge in [-0.05, 0) is 25.0 Å². The molecule has 0 spiro atoms. The summed E-state index contributed by atoms with van der Waals surface area (Å²) >= 11 is 0. The molecular formula is C12H18N2O4. The van der Waals surface area contributed by atoms with Gasteiger partial charge in [-0.1, -0.05) is 0 Å². The van der Waals surface area contributed by atoms with Crippen LogP contribution in [0.25, 0.3) is 0 Å². The van der Waals surface area contributed by atoms with Crippen LogP contribution in [0.1, 0.15) is 12.5 Å². The highest BCUT2D eigenvalue weighted by molar-refractivity contribution is 5.65. The third-order valence-electron chi connectivity index (χ3n) is 2.53. The second-order valence-corrected chi connectivity index (χ2v) is 3.96. The Morgan fingerprint density at radius 1 is 1.39 bits per heavy atom. The third kappa shape index (κ3) is 3.44. The maximum atomic E-state index is 10.5. The Balaban J connectivity index is 2.95. The number of anilines is 1. The van der Waals surface area contributed by atoms with Crippen molar-refractivity contribution in [3.05, 3.63) is 17.7 Å². The van der Waals surface area contributed by atoms with Gasteiger partial charge in [-0.25, -0.2) is 4.79 Å². The summed E-state index contributed by atoms with van der Waals surface area (Å²) in [7, 11) is 3.07. The van der Waals surface area contributed by atoms with Crippen molar-refractivity contribution in [3.8, 4) is 11.5 Å². The van der Waals surface area contributed by atoms with Crippen molar-refractivity contribution in [3.63, 3.8) is 0 Å². The van der Waals surface area contributed by atoms with Gasteiger partial charge in [-0.3, -0.25) is 0 Å². The highest BCUT2D eigenvalue weighted by Crippen LogP contribution is 2.31. The number of amides is 1. The van der Waals surface area contributed by atoms with Gasteiger partial charge in [-0.15, -0.1) is 0 Å². The summed E-state index contributed by atoms with van der Waals surface area (Å²) in [5, 5.41) is 11.0. The first-order chi connectivity index (χ1) is 8.47. The van der Waals surface area contributed by atoms with E-state index in [9.17, 15) is 4.79 Å². The minimum atomic E-state index is -1.05. The highest BCUT2D eigenvalue weighted by Gasteiger charge is 2.13. The Bertz CT molecular complexity index is 434. The van der Waals surface area contributed by atoms with Crippen LogP contribution in [0.5, 0.6) is 11.5 Å². The van der Waals surface area contributed by atoms with Crippen LogP contribution in [0.4, 0.5) is 10.5 Å². The fourth-order valence-corrected chi connectivity index (χ4v) is 1.74. The Kier molecular flexibility index (Phi) is 4.65. The lowest BCUT2D eigenvalue weighted by molar-refractivity contribution is 0.190. The van der Waals surface area contributed by atoms with E-state index in [4.69, 9.17) is 20.3 Å². The molecule has 1 aromatic rings. The van der Waals surface area contributed by atoms with Crippen LogP contribution in [0.2, 0.25) is 0 Å². The van der Waals surface area contributed by atoms with E-state index in [1.165, 1.54) is 7.11 Å². The summed E-state index contributed by atoms with van der Waals surface area (Å²) in [6.45, 7) is 1.77. The number of hydrogen-bond donors (Lipinski definition) is 3. The zero-order valence-corrected chi connectivity index (χ0v) is 10.7. The molecule has 0 saturated carbocycles. The number of ether oxygens (including phenoxy) is 2. The summed E-state index contributed by atoms with van der Waals surface area (Å²) in [5.41, 5.74) is 7.09. The van der Waals surface area contributed by atoms with Crippen LogP contribution >= 0.6 is 0 Å². The van der Waals surface area contributed by atoms with Gasteiger partial charge >= 0.3 is 6.09 Å². The highest BCUT2D eigenvalue weighted by atomic mass is 16.5. The van der Waals surface area contributed by atoms with Crippen molar-refractivity contribution >= 4 is 11.8 Å². The molecule has 1 atom stereocenters. The maximum absolute atomic E-state index is 10.5. The van der Waals surface area contributed by atoms with Crippen molar-refractivity contribution < 1.29 is 19.4 Å². The number of carboxylic acid groups (broad SMARTS) is 1. The quantitative estimate of drug-likeness (QED) is 0.692. The molecule has 0 bridgehead atoms. The molecular weight excluding hydrogens is 236 g/mol. The van der Waals surface area contributed by atoms with Gasteiger partial charge in [0.05, 0.1) is 19.9 Å². The third-order valence-corrected chi connectivity index (χ3v) is 2.53. The van der Waals surface area contributed by atoms with Gasteiger partial charge in [0.1, 0.15) is 11.5 Å². The molecule has 0 fully saturated rings.